The molecule has 1 unspecified atom stereocenters. The molecule has 190 valence electrons. The Kier molecular flexibility index (Phi) is 15.9. The molecule has 34 heavy (non-hydrogen) atoms. The maximum Gasteiger partial charge on any atom is 0.291 e. The molecular weight excluding hydrogens is 446 g/mol. The van der Waals surface area contributed by atoms with Crippen molar-refractivity contribution in [2.75, 3.05) is 32.8 Å². The van der Waals surface area contributed by atoms with Gasteiger partial charge in [-0.05, 0) is 55.3 Å². The van der Waals surface area contributed by atoms with E-state index in [0.717, 1.165) is 44.5 Å². The lowest BCUT2D eigenvalue weighted by molar-refractivity contribution is 0.0913. The van der Waals surface area contributed by atoms with E-state index in [9.17, 15) is 4.79 Å². The zero-order valence-corrected chi connectivity index (χ0v) is 22.3. The van der Waals surface area contributed by atoms with E-state index in [0.29, 0.717) is 29.8 Å². The lowest BCUT2D eigenvalue weighted by atomic mass is 9.98. The highest BCUT2D eigenvalue weighted by molar-refractivity contribution is 8.02. The third kappa shape index (κ3) is 11.3. The van der Waals surface area contributed by atoms with Crippen LogP contribution in [0.2, 0.25) is 0 Å². The Hall–Kier alpha value is -2.25. The lowest BCUT2D eigenvalue weighted by Gasteiger charge is -2.14. The maximum absolute atomic E-state index is 12.8. The van der Waals surface area contributed by atoms with Crippen molar-refractivity contribution in [1.29, 1.82) is 0 Å². The third-order valence-electron chi connectivity index (χ3n) is 5.39. The highest BCUT2D eigenvalue weighted by atomic mass is 32.2. The Morgan fingerprint density at radius 1 is 1.29 bits per heavy atom. The molecular formula is C27H43N3O3S. The predicted octanol–water partition coefficient (Wildman–Crippen LogP) is 6.64. The fraction of sp³-hybridized carbons (Fsp3) is 0.556. The largest absolute Gasteiger partial charge is 0.473 e. The number of nitrogens with zero attached hydrogens (tertiary/aromatic N) is 2. The number of aromatic nitrogens is 1. The van der Waals surface area contributed by atoms with Crippen LogP contribution in [0.15, 0.2) is 57.9 Å². The second kappa shape index (κ2) is 18.1. The minimum Gasteiger partial charge on any atom is -0.473 e. The number of thioether (sulfide) groups is 1. The van der Waals surface area contributed by atoms with E-state index in [1.165, 1.54) is 24.6 Å². The first kappa shape index (κ1) is 29.8. The van der Waals surface area contributed by atoms with Crippen LogP contribution >= 0.6 is 11.8 Å². The van der Waals surface area contributed by atoms with Gasteiger partial charge in [-0.15, -0.1) is 0 Å². The van der Waals surface area contributed by atoms with E-state index in [1.807, 2.05) is 37.5 Å². The zero-order chi connectivity index (χ0) is 25.2. The van der Waals surface area contributed by atoms with Gasteiger partial charge in [0.1, 0.15) is 11.5 Å². The molecule has 7 heteroatoms. The van der Waals surface area contributed by atoms with Gasteiger partial charge in [0, 0.05) is 13.1 Å². The number of carbonyl (C=O) groups excluding carboxylic acids is 1. The molecule has 0 spiro atoms. The molecule has 1 aromatic heterocycles. The van der Waals surface area contributed by atoms with Crippen LogP contribution in [0.5, 0.6) is 5.88 Å². The van der Waals surface area contributed by atoms with Crippen LogP contribution in [0.3, 0.4) is 0 Å². The fourth-order valence-corrected chi connectivity index (χ4v) is 4.09. The van der Waals surface area contributed by atoms with Gasteiger partial charge in [0.15, 0.2) is 0 Å². The Bertz CT molecular complexity index is 795. The van der Waals surface area contributed by atoms with Crippen LogP contribution in [-0.4, -0.2) is 48.7 Å². The predicted molar refractivity (Wildman–Crippen MR) is 144 cm³/mol. The van der Waals surface area contributed by atoms with E-state index in [2.05, 4.69) is 42.4 Å². The molecule has 2 rings (SSSR count). The van der Waals surface area contributed by atoms with Gasteiger partial charge in [-0.1, -0.05) is 88.9 Å². The van der Waals surface area contributed by atoms with Crippen molar-refractivity contribution in [1.82, 2.24) is 15.4 Å². The molecule has 1 saturated heterocycles. The fourth-order valence-electron chi connectivity index (χ4n) is 3.35. The first-order chi connectivity index (χ1) is 16.5. The summed E-state index contributed by atoms with van der Waals surface area (Å²) in [5.41, 5.74) is 1.15. The number of amides is 1. The number of likely N-dealkylation sites (tertiary alicyclic amines) is 1. The third-order valence-corrected chi connectivity index (χ3v) is 6.28. The van der Waals surface area contributed by atoms with E-state index in [4.69, 9.17) is 9.26 Å². The van der Waals surface area contributed by atoms with Crippen molar-refractivity contribution in [2.24, 2.45) is 5.92 Å². The van der Waals surface area contributed by atoms with E-state index in [-0.39, 0.29) is 11.7 Å². The molecule has 0 aromatic carbocycles. The highest BCUT2D eigenvalue weighted by Gasteiger charge is 2.24. The minimum atomic E-state index is -0.291. The van der Waals surface area contributed by atoms with Gasteiger partial charge >= 0.3 is 0 Å². The quantitative estimate of drug-likeness (QED) is 0.169. The lowest BCUT2D eigenvalue weighted by Crippen LogP contribution is -2.25. The van der Waals surface area contributed by atoms with Crippen molar-refractivity contribution in [3.8, 4) is 5.88 Å². The topological polar surface area (TPSA) is 67.6 Å². The number of allylic oxidation sites excluding steroid dienone is 4. The molecule has 0 bridgehead atoms. The van der Waals surface area contributed by atoms with Gasteiger partial charge < -0.3 is 14.6 Å². The van der Waals surface area contributed by atoms with E-state index < -0.39 is 0 Å². The van der Waals surface area contributed by atoms with Crippen LogP contribution in [0.1, 0.15) is 70.4 Å². The molecule has 0 saturated carbocycles. The average Bonchev–Trinajstić information content (AvgIpc) is 3.50. The minimum absolute atomic E-state index is 0.177. The van der Waals surface area contributed by atoms with Crippen LogP contribution in [-0.2, 0) is 0 Å². The van der Waals surface area contributed by atoms with Crippen molar-refractivity contribution < 1.29 is 14.1 Å². The zero-order valence-electron chi connectivity index (χ0n) is 21.5. The summed E-state index contributed by atoms with van der Waals surface area (Å²) in [4.78, 5) is 15.7. The summed E-state index contributed by atoms with van der Waals surface area (Å²) in [7, 11) is 0. The average molecular weight is 490 g/mol. The summed E-state index contributed by atoms with van der Waals surface area (Å²) in [6.45, 7) is 20.3. The Labute approximate surface area is 210 Å². The van der Waals surface area contributed by atoms with Gasteiger partial charge in [0.2, 0.25) is 5.76 Å². The number of hydrogen-bond acceptors (Lipinski definition) is 6. The summed E-state index contributed by atoms with van der Waals surface area (Å²) in [6, 6.07) is 0. The Balaban J connectivity index is 0.00000281. The van der Waals surface area contributed by atoms with E-state index >= 15 is 0 Å². The van der Waals surface area contributed by atoms with Crippen molar-refractivity contribution >= 4 is 17.7 Å². The van der Waals surface area contributed by atoms with Gasteiger partial charge in [0.05, 0.1) is 0 Å². The van der Waals surface area contributed by atoms with Crippen molar-refractivity contribution in [2.45, 2.75) is 64.7 Å². The molecule has 0 radical (unpaired) electrons. The highest BCUT2D eigenvalue weighted by Crippen LogP contribution is 2.33. The molecule has 0 aliphatic carbocycles. The summed E-state index contributed by atoms with van der Waals surface area (Å²) in [5, 5.41) is 8.82. The molecule has 1 fully saturated rings. The second-order valence-electron chi connectivity index (χ2n) is 8.08. The van der Waals surface area contributed by atoms with Crippen molar-refractivity contribution in [3.63, 3.8) is 0 Å². The van der Waals surface area contributed by atoms with Gasteiger partial charge in [-0.3, -0.25) is 9.69 Å². The first-order valence-corrected chi connectivity index (χ1v) is 13.3. The molecule has 1 aromatic rings. The Morgan fingerprint density at radius 3 is 2.71 bits per heavy atom. The number of ether oxygens (including phenoxy) is 1. The van der Waals surface area contributed by atoms with Gasteiger partial charge in [0.25, 0.3) is 11.8 Å². The number of nitrogens with one attached hydrogen (secondary N) is 1. The number of hydrogen-bond donors (Lipinski definition) is 1. The maximum atomic E-state index is 12.8. The number of carbonyl (C=O) groups is 1. The van der Waals surface area contributed by atoms with Crippen LogP contribution in [0.4, 0.5) is 0 Å². The van der Waals surface area contributed by atoms with Gasteiger partial charge in [-0.25, -0.2) is 0 Å². The van der Waals surface area contributed by atoms with Gasteiger partial charge in [-0.2, -0.15) is 0 Å². The monoisotopic (exact) mass is 489 g/mol. The summed E-state index contributed by atoms with van der Waals surface area (Å²) >= 11 is 1.35. The number of rotatable bonds is 15. The SMILES string of the molecule is C=C/C=C\C=C\Sc1c(OCCN2CCCC2)noc1C(=O)NCCC(=C)CC(C)CC.CC. The molecule has 1 aliphatic heterocycles. The second-order valence-corrected chi connectivity index (χ2v) is 9.00. The molecule has 1 atom stereocenters. The van der Waals surface area contributed by atoms with E-state index in [1.54, 1.807) is 6.08 Å². The van der Waals surface area contributed by atoms with Crippen LogP contribution in [0.25, 0.3) is 0 Å². The first-order valence-electron chi connectivity index (χ1n) is 12.5. The van der Waals surface area contributed by atoms with Crippen LogP contribution < -0.4 is 10.1 Å². The molecule has 2 heterocycles. The standard InChI is InChI=1S/C25H37N3O3S.C2H6/c1-5-7-8-11-18-32-23-22(24(29)26-13-12-21(4)19-20(3)6-2)31-27-25(23)30-17-16-28-14-9-10-15-28;1-2/h5,7-8,11,18,20H,1,4,6,9-10,12-17,19H2,2-3H3,(H,26,29);1-2H3/b8-7-,18-11+;. The van der Waals surface area contributed by atoms with Crippen molar-refractivity contribution in [3.05, 3.63) is 54.2 Å². The summed E-state index contributed by atoms with van der Waals surface area (Å²) < 4.78 is 11.3. The molecule has 1 N–H and O–H groups in total. The summed E-state index contributed by atoms with van der Waals surface area (Å²) in [6.07, 6.45) is 12.6. The smallest absolute Gasteiger partial charge is 0.291 e. The molecule has 6 nitrogen and oxygen atoms in total. The van der Waals surface area contributed by atoms with Crippen LogP contribution in [0, 0.1) is 5.92 Å². The molecule has 1 aliphatic rings. The normalized spacial score (nSPS) is 14.7. The summed E-state index contributed by atoms with van der Waals surface area (Å²) in [5.74, 6) is 0.854. The molecule has 1 amide bonds. The Morgan fingerprint density at radius 2 is 2.03 bits per heavy atom.